The molecule has 2 aliphatic rings. The van der Waals surface area contributed by atoms with Crippen molar-refractivity contribution in [3.63, 3.8) is 0 Å². The Morgan fingerprint density at radius 3 is 2.40 bits per heavy atom. The van der Waals surface area contributed by atoms with Crippen LogP contribution in [0.2, 0.25) is 0 Å². The number of aromatic nitrogens is 2. The first kappa shape index (κ1) is 24.9. The molecule has 1 aliphatic carbocycles. The van der Waals surface area contributed by atoms with E-state index in [2.05, 4.69) is 26.4 Å². The number of aryl methyl sites for hydroxylation is 1. The summed E-state index contributed by atoms with van der Waals surface area (Å²) in [6.07, 6.45) is 6.63. The molecule has 1 N–H and O–H groups in total. The number of carbonyl (C=O) groups excluding carboxylic acids is 2. The Bertz CT molecular complexity index is 1040. The number of hydrogen-bond donors (Lipinski definition) is 1. The van der Waals surface area contributed by atoms with Crippen molar-refractivity contribution in [2.75, 3.05) is 26.2 Å². The standard InChI is InChI=1S/C26H34N6O3/c1-20(33)29-26(12-4-2-3-5-13-26)25-28-23(35-30-25)10-11-24(34)32-16-14-31(15-17-32)19-22-8-6-21(18-27)7-9-22/h6-9H,2-5,10-17,19H2,1H3,(H,29,33). The summed E-state index contributed by atoms with van der Waals surface area (Å²) < 4.78 is 5.49. The van der Waals surface area contributed by atoms with Gasteiger partial charge in [-0.1, -0.05) is 43.0 Å². The van der Waals surface area contributed by atoms with Crippen LogP contribution in [0.3, 0.4) is 0 Å². The van der Waals surface area contributed by atoms with Gasteiger partial charge in [0.05, 0.1) is 11.6 Å². The lowest BCUT2D eigenvalue weighted by molar-refractivity contribution is -0.133. The molecule has 1 aliphatic heterocycles. The predicted octanol–water partition coefficient (Wildman–Crippen LogP) is 2.90. The third-order valence-corrected chi connectivity index (χ3v) is 7.04. The third-order valence-electron chi connectivity index (χ3n) is 7.04. The Morgan fingerprint density at radius 2 is 1.77 bits per heavy atom. The van der Waals surface area contributed by atoms with E-state index in [1.165, 1.54) is 12.5 Å². The van der Waals surface area contributed by atoms with Gasteiger partial charge in [0.15, 0.2) is 5.82 Å². The molecule has 1 saturated heterocycles. The molecule has 0 unspecified atom stereocenters. The number of nitrogens with zero attached hydrogens (tertiary/aromatic N) is 5. The van der Waals surface area contributed by atoms with E-state index in [0.29, 0.717) is 43.2 Å². The van der Waals surface area contributed by atoms with Gasteiger partial charge in [0.2, 0.25) is 17.7 Å². The van der Waals surface area contributed by atoms with Crippen molar-refractivity contribution in [1.29, 1.82) is 5.26 Å². The summed E-state index contributed by atoms with van der Waals surface area (Å²) in [5, 5.41) is 16.2. The topological polar surface area (TPSA) is 115 Å². The molecule has 0 bridgehead atoms. The molecular formula is C26H34N6O3. The molecule has 0 spiro atoms. The lowest BCUT2D eigenvalue weighted by Gasteiger charge is -2.34. The largest absolute Gasteiger partial charge is 0.343 e. The first-order valence-corrected chi connectivity index (χ1v) is 12.6. The van der Waals surface area contributed by atoms with Gasteiger partial charge in [0, 0.05) is 52.5 Å². The van der Waals surface area contributed by atoms with Gasteiger partial charge in [-0.3, -0.25) is 14.5 Å². The van der Waals surface area contributed by atoms with Crippen LogP contribution in [0, 0.1) is 11.3 Å². The van der Waals surface area contributed by atoms with E-state index in [1.807, 2.05) is 29.2 Å². The molecule has 0 atom stereocenters. The summed E-state index contributed by atoms with van der Waals surface area (Å²) in [6.45, 7) is 5.35. The zero-order chi connectivity index (χ0) is 24.7. The lowest BCUT2D eigenvalue weighted by Crippen LogP contribution is -2.48. The highest BCUT2D eigenvalue weighted by Gasteiger charge is 2.38. The van der Waals surface area contributed by atoms with Crippen molar-refractivity contribution in [2.24, 2.45) is 0 Å². The van der Waals surface area contributed by atoms with Gasteiger partial charge in [-0.2, -0.15) is 10.2 Å². The van der Waals surface area contributed by atoms with E-state index in [0.717, 1.165) is 58.2 Å². The fourth-order valence-electron chi connectivity index (χ4n) is 5.09. The molecule has 2 aromatic rings. The van der Waals surface area contributed by atoms with Crippen LogP contribution in [-0.2, 0) is 28.1 Å². The maximum Gasteiger partial charge on any atom is 0.227 e. The van der Waals surface area contributed by atoms with Gasteiger partial charge in [-0.05, 0) is 30.5 Å². The van der Waals surface area contributed by atoms with Crippen LogP contribution >= 0.6 is 0 Å². The number of amides is 2. The van der Waals surface area contributed by atoms with Crippen molar-refractivity contribution in [3.05, 3.63) is 47.1 Å². The Labute approximate surface area is 206 Å². The number of nitriles is 1. The average Bonchev–Trinajstić information content (AvgIpc) is 3.23. The minimum absolute atomic E-state index is 0.0910. The third kappa shape index (κ3) is 6.45. The van der Waals surface area contributed by atoms with Crippen molar-refractivity contribution in [2.45, 2.75) is 70.4 Å². The Balaban J connectivity index is 1.27. The Hall–Kier alpha value is -3.25. The highest BCUT2D eigenvalue weighted by atomic mass is 16.5. The molecular weight excluding hydrogens is 444 g/mol. The number of benzene rings is 1. The predicted molar refractivity (Wildman–Crippen MR) is 129 cm³/mol. The van der Waals surface area contributed by atoms with Gasteiger partial charge >= 0.3 is 0 Å². The monoisotopic (exact) mass is 478 g/mol. The maximum absolute atomic E-state index is 12.8. The second-order valence-electron chi connectivity index (χ2n) is 9.65. The SMILES string of the molecule is CC(=O)NC1(c2noc(CCC(=O)N3CCN(Cc4ccc(C#N)cc4)CC3)n2)CCCCCC1. The average molecular weight is 479 g/mol. The van der Waals surface area contributed by atoms with Crippen LogP contribution in [0.5, 0.6) is 0 Å². The van der Waals surface area contributed by atoms with E-state index < -0.39 is 5.54 Å². The Morgan fingerprint density at radius 1 is 1.09 bits per heavy atom. The molecule has 1 saturated carbocycles. The van der Waals surface area contributed by atoms with E-state index in [1.54, 1.807) is 0 Å². The molecule has 1 aromatic heterocycles. The lowest BCUT2D eigenvalue weighted by atomic mass is 9.89. The summed E-state index contributed by atoms with van der Waals surface area (Å²) in [5.74, 6) is 0.982. The molecule has 186 valence electrons. The minimum Gasteiger partial charge on any atom is -0.343 e. The van der Waals surface area contributed by atoms with Crippen LogP contribution in [0.15, 0.2) is 28.8 Å². The Kier molecular flexibility index (Phi) is 8.13. The number of piperazine rings is 1. The molecule has 2 fully saturated rings. The fraction of sp³-hybridized carbons (Fsp3) is 0.577. The summed E-state index contributed by atoms with van der Waals surface area (Å²) in [7, 11) is 0. The summed E-state index contributed by atoms with van der Waals surface area (Å²) in [6, 6.07) is 9.79. The van der Waals surface area contributed by atoms with Crippen molar-refractivity contribution < 1.29 is 14.1 Å². The van der Waals surface area contributed by atoms with Crippen molar-refractivity contribution in [1.82, 2.24) is 25.3 Å². The number of carbonyl (C=O) groups is 2. The highest BCUT2D eigenvalue weighted by molar-refractivity contribution is 5.76. The van der Waals surface area contributed by atoms with Crippen LogP contribution in [0.25, 0.3) is 0 Å². The van der Waals surface area contributed by atoms with Crippen LogP contribution < -0.4 is 5.32 Å². The van der Waals surface area contributed by atoms with E-state index >= 15 is 0 Å². The van der Waals surface area contributed by atoms with Crippen LogP contribution in [0.4, 0.5) is 0 Å². The first-order chi connectivity index (χ1) is 17.0. The molecule has 1 aromatic carbocycles. The normalized spacial score (nSPS) is 18.5. The fourth-order valence-corrected chi connectivity index (χ4v) is 5.09. The van der Waals surface area contributed by atoms with E-state index in [-0.39, 0.29) is 11.8 Å². The zero-order valence-electron chi connectivity index (χ0n) is 20.5. The first-order valence-electron chi connectivity index (χ1n) is 12.6. The molecule has 2 heterocycles. The van der Waals surface area contributed by atoms with Gasteiger partial charge in [0.1, 0.15) is 5.54 Å². The van der Waals surface area contributed by atoms with Crippen LogP contribution in [0.1, 0.15) is 74.7 Å². The van der Waals surface area contributed by atoms with E-state index in [9.17, 15) is 9.59 Å². The number of rotatable bonds is 7. The molecule has 2 amide bonds. The van der Waals surface area contributed by atoms with Gasteiger partial charge < -0.3 is 14.7 Å². The van der Waals surface area contributed by atoms with Crippen LogP contribution in [-0.4, -0.2) is 57.9 Å². The summed E-state index contributed by atoms with van der Waals surface area (Å²) in [5.41, 5.74) is 1.26. The zero-order valence-corrected chi connectivity index (χ0v) is 20.5. The summed E-state index contributed by atoms with van der Waals surface area (Å²) in [4.78, 5) is 33.5. The van der Waals surface area contributed by atoms with Crippen molar-refractivity contribution in [3.8, 4) is 6.07 Å². The maximum atomic E-state index is 12.8. The number of nitrogens with one attached hydrogen (secondary N) is 1. The molecule has 0 radical (unpaired) electrons. The second kappa shape index (κ2) is 11.5. The highest BCUT2D eigenvalue weighted by Crippen LogP contribution is 2.34. The van der Waals surface area contributed by atoms with E-state index in [4.69, 9.17) is 9.78 Å². The molecule has 35 heavy (non-hydrogen) atoms. The number of hydrogen-bond acceptors (Lipinski definition) is 7. The van der Waals surface area contributed by atoms with Gasteiger partial charge in [-0.25, -0.2) is 0 Å². The molecule has 9 nitrogen and oxygen atoms in total. The minimum atomic E-state index is -0.570. The van der Waals surface area contributed by atoms with Crippen molar-refractivity contribution >= 4 is 11.8 Å². The summed E-state index contributed by atoms with van der Waals surface area (Å²) >= 11 is 0. The molecule has 4 rings (SSSR count). The second-order valence-corrected chi connectivity index (χ2v) is 9.65. The smallest absolute Gasteiger partial charge is 0.227 e. The van der Waals surface area contributed by atoms with Gasteiger partial charge in [-0.15, -0.1) is 0 Å². The quantitative estimate of drug-likeness (QED) is 0.608. The molecule has 9 heteroatoms. The van der Waals surface area contributed by atoms with Gasteiger partial charge in [0.25, 0.3) is 0 Å².